The van der Waals surface area contributed by atoms with Crippen molar-refractivity contribution >= 4 is 5.70 Å². The van der Waals surface area contributed by atoms with E-state index in [4.69, 9.17) is 10.6 Å². The smallest absolute Gasteiger partial charge is 0.416 e. The summed E-state index contributed by atoms with van der Waals surface area (Å²) in [5.41, 5.74) is 0.540. The van der Waals surface area contributed by atoms with Gasteiger partial charge in [-0.05, 0) is 37.5 Å². The molecule has 2 aliphatic rings. The first kappa shape index (κ1) is 15.0. The Labute approximate surface area is 126 Å². The van der Waals surface area contributed by atoms with Crippen molar-refractivity contribution in [2.75, 3.05) is 13.7 Å². The number of benzene rings is 1. The van der Waals surface area contributed by atoms with Crippen LogP contribution in [0.4, 0.5) is 13.2 Å². The Morgan fingerprint density at radius 3 is 2.68 bits per heavy atom. The Bertz CT molecular complexity index is 600. The van der Waals surface area contributed by atoms with E-state index < -0.39 is 11.7 Å². The van der Waals surface area contributed by atoms with Crippen molar-refractivity contribution in [3.05, 3.63) is 35.5 Å². The molecule has 0 aromatic heterocycles. The monoisotopic (exact) mass is 313 g/mol. The normalized spacial score (nSPS) is 21.7. The molecule has 2 heterocycles. The Kier molecular flexibility index (Phi) is 3.68. The molecule has 0 radical (unpaired) electrons. The Balaban J connectivity index is 1.98. The zero-order chi connectivity index (χ0) is 15.9. The summed E-state index contributed by atoms with van der Waals surface area (Å²) >= 11 is 0. The lowest BCUT2D eigenvalue weighted by atomic mass is 10.1. The van der Waals surface area contributed by atoms with E-state index in [1.807, 2.05) is 6.20 Å². The highest BCUT2D eigenvalue weighted by Gasteiger charge is 2.35. The lowest BCUT2D eigenvalue weighted by Gasteiger charge is -2.34. The molecule has 0 saturated carbocycles. The minimum atomic E-state index is -4.39. The maximum absolute atomic E-state index is 12.8. The molecular weight excluding hydrogens is 295 g/mol. The number of methoxy groups -OCH3 is 1. The van der Waals surface area contributed by atoms with E-state index in [-0.39, 0.29) is 11.9 Å². The van der Waals surface area contributed by atoms with Crippen LogP contribution in [-0.2, 0) is 6.18 Å². The van der Waals surface area contributed by atoms with Gasteiger partial charge < -0.3 is 9.64 Å². The van der Waals surface area contributed by atoms with Gasteiger partial charge >= 0.3 is 6.18 Å². The topological polar surface area (TPSA) is 41.7 Å². The highest BCUT2D eigenvalue weighted by atomic mass is 19.4. The molecule has 7 heteroatoms. The lowest BCUT2D eigenvalue weighted by Crippen LogP contribution is -2.45. The van der Waals surface area contributed by atoms with E-state index in [0.717, 1.165) is 37.9 Å². The third-order valence-corrected chi connectivity index (χ3v) is 4.20. The first-order valence-corrected chi connectivity index (χ1v) is 7.19. The summed E-state index contributed by atoms with van der Waals surface area (Å²) in [6.45, 7) is 0.908. The molecule has 3 rings (SSSR count). The second-order valence-corrected chi connectivity index (χ2v) is 5.55. The summed E-state index contributed by atoms with van der Waals surface area (Å²) in [7, 11) is 1.36. The minimum Gasteiger partial charge on any atom is -0.496 e. The van der Waals surface area contributed by atoms with Crippen molar-refractivity contribution in [3.63, 3.8) is 0 Å². The molecule has 0 amide bonds. The number of rotatable bonds is 2. The highest BCUT2D eigenvalue weighted by molar-refractivity contribution is 5.71. The molecule has 1 atom stereocenters. The number of halogens is 3. The third kappa shape index (κ3) is 2.49. The van der Waals surface area contributed by atoms with Crippen molar-refractivity contribution in [2.24, 2.45) is 5.84 Å². The maximum atomic E-state index is 12.8. The molecule has 1 unspecified atom stereocenters. The summed E-state index contributed by atoms with van der Waals surface area (Å²) in [5.74, 6) is 6.34. The summed E-state index contributed by atoms with van der Waals surface area (Å²) in [4.78, 5) is 2.13. The number of hydrogen-bond acceptors (Lipinski definition) is 4. The van der Waals surface area contributed by atoms with Gasteiger partial charge in [0.25, 0.3) is 0 Å². The maximum Gasteiger partial charge on any atom is 0.416 e. The van der Waals surface area contributed by atoms with Crippen molar-refractivity contribution in [2.45, 2.75) is 31.6 Å². The SMILES string of the molecule is COc1cc(C(F)(F)F)ccc1C1=CN2CCCCC2N1N. The average molecular weight is 313 g/mol. The fourth-order valence-corrected chi connectivity index (χ4v) is 3.06. The van der Waals surface area contributed by atoms with Crippen LogP contribution < -0.4 is 10.6 Å². The van der Waals surface area contributed by atoms with Crippen LogP contribution in [0, 0.1) is 0 Å². The van der Waals surface area contributed by atoms with Crippen molar-refractivity contribution in [1.82, 2.24) is 9.91 Å². The van der Waals surface area contributed by atoms with Gasteiger partial charge in [0, 0.05) is 18.3 Å². The minimum absolute atomic E-state index is 0.0794. The van der Waals surface area contributed by atoms with Gasteiger partial charge in [-0.15, -0.1) is 0 Å². The zero-order valence-electron chi connectivity index (χ0n) is 12.2. The molecule has 1 aromatic rings. The standard InChI is InChI=1S/C15H18F3N3O/c1-22-13-8-10(15(16,17)18)5-6-11(13)12-9-20-7-3-2-4-14(20)21(12)19/h5-6,8-9,14H,2-4,7,19H2,1H3. The van der Waals surface area contributed by atoms with Crippen LogP contribution in [0.2, 0.25) is 0 Å². The predicted molar refractivity (Wildman–Crippen MR) is 76.3 cm³/mol. The molecule has 2 aliphatic heterocycles. The van der Waals surface area contributed by atoms with E-state index >= 15 is 0 Å². The van der Waals surface area contributed by atoms with Gasteiger partial charge in [-0.1, -0.05) is 0 Å². The molecule has 0 spiro atoms. The first-order chi connectivity index (χ1) is 10.4. The molecule has 1 saturated heterocycles. The van der Waals surface area contributed by atoms with Gasteiger partial charge in [-0.2, -0.15) is 13.2 Å². The molecule has 0 bridgehead atoms. The molecular formula is C15H18F3N3O. The van der Waals surface area contributed by atoms with Crippen LogP contribution in [0.5, 0.6) is 5.75 Å². The molecule has 1 aromatic carbocycles. The van der Waals surface area contributed by atoms with Crippen molar-refractivity contribution in [1.29, 1.82) is 0 Å². The van der Waals surface area contributed by atoms with E-state index in [9.17, 15) is 13.2 Å². The summed E-state index contributed by atoms with van der Waals surface area (Å²) in [6, 6.07) is 3.50. The summed E-state index contributed by atoms with van der Waals surface area (Å²) < 4.78 is 43.6. The molecule has 120 valence electrons. The molecule has 0 aliphatic carbocycles. The summed E-state index contributed by atoms with van der Waals surface area (Å²) in [6.07, 6.45) is 0.735. The highest BCUT2D eigenvalue weighted by Crippen LogP contribution is 2.39. The van der Waals surface area contributed by atoms with Crippen LogP contribution in [0.3, 0.4) is 0 Å². The van der Waals surface area contributed by atoms with Gasteiger partial charge in [-0.25, -0.2) is 5.84 Å². The number of nitrogens with two attached hydrogens (primary N) is 1. The number of nitrogens with zero attached hydrogens (tertiary/aromatic N) is 2. The molecule has 2 N–H and O–H groups in total. The number of hydrogen-bond donors (Lipinski definition) is 1. The molecule has 1 fully saturated rings. The number of hydrazine groups is 1. The fourth-order valence-electron chi connectivity index (χ4n) is 3.06. The number of ether oxygens (including phenoxy) is 1. The van der Waals surface area contributed by atoms with Crippen LogP contribution in [0.25, 0.3) is 5.70 Å². The lowest BCUT2D eigenvalue weighted by molar-refractivity contribution is -0.137. The van der Waals surface area contributed by atoms with Gasteiger partial charge in [0.15, 0.2) is 0 Å². The number of piperidine rings is 1. The largest absolute Gasteiger partial charge is 0.496 e. The van der Waals surface area contributed by atoms with Gasteiger partial charge in [0.2, 0.25) is 0 Å². The fraction of sp³-hybridized carbons (Fsp3) is 0.467. The van der Waals surface area contributed by atoms with Crippen LogP contribution >= 0.6 is 0 Å². The second-order valence-electron chi connectivity index (χ2n) is 5.55. The molecule has 4 nitrogen and oxygen atoms in total. The molecule has 22 heavy (non-hydrogen) atoms. The second kappa shape index (κ2) is 5.39. The predicted octanol–water partition coefficient (Wildman–Crippen LogP) is 3.01. The zero-order valence-corrected chi connectivity index (χ0v) is 12.2. The van der Waals surface area contributed by atoms with Crippen molar-refractivity contribution < 1.29 is 17.9 Å². The third-order valence-electron chi connectivity index (χ3n) is 4.20. The quantitative estimate of drug-likeness (QED) is 0.852. The van der Waals surface area contributed by atoms with E-state index in [0.29, 0.717) is 11.3 Å². The average Bonchev–Trinajstić information content (AvgIpc) is 2.83. The van der Waals surface area contributed by atoms with Crippen LogP contribution in [-0.4, -0.2) is 29.7 Å². The Morgan fingerprint density at radius 1 is 1.27 bits per heavy atom. The van der Waals surface area contributed by atoms with Gasteiger partial charge in [-0.3, -0.25) is 5.01 Å². The van der Waals surface area contributed by atoms with Crippen LogP contribution in [0.15, 0.2) is 24.4 Å². The van der Waals surface area contributed by atoms with E-state index in [1.165, 1.54) is 13.2 Å². The van der Waals surface area contributed by atoms with E-state index in [2.05, 4.69) is 4.90 Å². The van der Waals surface area contributed by atoms with Gasteiger partial charge in [0.1, 0.15) is 11.9 Å². The number of fused-ring (bicyclic) bond motifs is 1. The number of alkyl halides is 3. The first-order valence-electron chi connectivity index (χ1n) is 7.19. The van der Waals surface area contributed by atoms with Crippen molar-refractivity contribution in [3.8, 4) is 5.75 Å². The van der Waals surface area contributed by atoms with Gasteiger partial charge in [0.05, 0.1) is 18.4 Å². The van der Waals surface area contributed by atoms with Crippen LogP contribution in [0.1, 0.15) is 30.4 Å². The Hall–Kier alpha value is -1.89. The van der Waals surface area contributed by atoms with E-state index in [1.54, 1.807) is 5.01 Å². The summed E-state index contributed by atoms with van der Waals surface area (Å²) in [5, 5.41) is 1.63. The Morgan fingerprint density at radius 2 is 2.05 bits per heavy atom.